The third kappa shape index (κ3) is 3.94. The van der Waals surface area contributed by atoms with Crippen LogP contribution in [0.15, 0.2) is 53.4 Å². The smallest absolute Gasteiger partial charge is 0.254 e. The molecule has 2 aromatic rings. The minimum Gasteiger partial charge on any atom is -0.329 e. The average Bonchev–Trinajstić information content (AvgIpc) is 3.47. The van der Waals surface area contributed by atoms with E-state index in [0.717, 1.165) is 18.4 Å². The van der Waals surface area contributed by atoms with Gasteiger partial charge in [-0.05, 0) is 61.7 Å². The van der Waals surface area contributed by atoms with Crippen LogP contribution < -0.4 is 0 Å². The van der Waals surface area contributed by atoms with Crippen LogP contribution in [0.1, 0.15) is 48.7 Å². The third-order valence-corrected chi connectivity index (χ3v) is 6.79. The summed E-state index contributed by atoms with van der Waals surface area (Å²) in [4.78, 5) is 15.2. The van der Waals surface area contributed by atoms with Crippen LogP contribution in [0, 0.1) is 0 Å². The molecule has 1 atom stereocenters. The highest BCUT2D eigenvalue weighted by atomic mass is 35.5. The zero-order valence-corrected chi connectivity index (χ0v) is 16.4. The van der Waals surface area contributed by atoms with Gasteiger partial charge in [0.25, 0.3) is 5.91 Å². The van der Waals surface area contributed by atoms with Gasteiger partial charge in [-0.3, -0.25) is 4.79 Å². The fourth-order valence-corrected chi connectivity index (χ4v) is 4.04. The quantitative estimate of drug-likeness (QED) is 0.728. The first-order valence-electron chi connectivity index (χ1n) is 8.74. The van der Waals surface area contributed by atoms with Crippen LogP contribution in [0.3, 0.4) is 0 Å². The van der Waals surface area contributed by atoms with E-state index in [1.54, 1.807) is 19.1 Å². The van der Waals surface area contributed by atoms with Gasteiger partial charge in [0.05, 0.1) is 16.7 Å². The molecule has 0 unspecified atom stereocenters. The molecule has 26 heavy (non-hydrogen) atoms. The molecule has 0 N–H and O–H groups in total. The maximum absolute atomic E-state index is 13.1. The largest absolute Gasteiger partial charge is 0.329 e. The van der Waals surface area contributed by atoms with Crippen molar-refractivity contribution in [3.8, 4) is 0 Å². The lowest BCUT2D eigenvalue weighted by molar-refractivity contribution is 0.0674. The third-order valence-electron chi connectivity index (χ3n) is 4.78. The number of hydrogen-bond acceptors (Lipinski definition) is 3. The second-order valence-electron chi connectivity index (χ2n) is 6.60. The summed E-state index contributed by atoms with van der Waals surface area (Å²) in [5.41, 5.74) is 1.53. The van der Waals surface area contributed by atoms with Crippen LogP contribution in [0.2, 0.25) is 5.02 Å². The maximum Gasteiger partial charge on any atom is 0.254 e. The highest BCUT2D eigenvalue weighted by molar-refractivity contribution is 7.91. The van der Waals surface area contributed by atoms with E-state index in [2.05, 4.69) is 0 Å². The number of rotatable bonds is 6. The van der Waals surface area contributed by atoms with Crippen LogP contribution in [-0.4, -0.2) is 31.0 Å². The van der Waals surface area contributed by atoms with Gasteiger partial charge in [-0.25, -0.2) is 8.42 Å². The summed E-state index contributed by atoms with van der Waals surface area (Å²) >= 11 is 5.96. The fraction of sp³-hybridized carbons (Fsp3) is 0.350. The lowest BCUT2D eigenvalue weighted by atomic mass is 10.1. The normalized spacial score (nSPS) is 15.5. The van der Waals surface area contributed by atoms with Crippen LogP contribution in [-0.2, 0) is 9.84 Å². The molecule has 6 heteroatoms. The van der Waals surface area contributed by atoms with Crippen molar-refractivity contribution in [3.63, 3.8) is 0 Å². The Kier molecular flexibility index (Phi) is 5.39. The summed E-state index contributed by atoms with van der Waals surface area (Å²) in [6.45, 7) is 3.62. The number of hydrogen-bond donors (Lipinski definition) is 0. The molecule has 0 heterocycles. The number of halogens is 1. The van der Waals surface area contributed by atoms with E-state index in [4.69, 9.17) is 11.6 Å². The van der Waals surface area contributed by atoms with E-state index in [1.807, 2.05) is 36.1 Å². The van der Waals surface area contributed by atoms with Gasteiger partial charge in [0.15, 0.2) is 9.84 Å². The van der Waals surface area contributed by atoms with Crippen molar-refractivity contribution in [1.82, 2.24) is 4.90 Å². The number of amides is 1. The summed E-state index contributed by atoms with van der Waals surface area (Å²) in [5.74, 6) is -0.0300. The van der Waals surface area contributed by atoms with E-state index >= 15 is 0 Å². The molecule has 0 radical (unpaired) electrons. The second-order valence-corrected chi connectivity index (χ2v) is 9.31. The van der Waals surface area contributed by atoms with E-state index in [1.165, 1.54) is 12.1 Å². The molecule has 0 aliphatic heterocycles. The topological polar surface area (TPSA) is 54.5 Å². The van der Waals surface area contributed by atoms with Gasteiger partial charge in [-0.1, -0.05) is 30.7 Å². The van der Waals surface area contributed by atoms with E-state index < -0.39 is 9.84 Å². The van der Waals surface area contributed by atoms with Gasteiger partial charge in [-0.2, -0.15) is 0 Å². The van der Waals surface area contributed by atoms with Crippen molar-refractivity contribution in [2.24, 2.45) is 0 Å². The Labute approximate surface area is 159 Å². The van der Waals surface area contributed by atoms with Crippen molar-refractivity contribution >= 4 is 27.3 Å². The van der Waals surface area contributed by atoms with E-state index in [9.17, 15) is 13.2 Å². The Hall–Kier alpha value is -1.85. The van der Waals surface area contributed by atoms with Crippen molar-refractivity contribution < 1.29 is 13.2 Å². The van der Waals surface area contributed by atoms with Gasteiger partial charge in [0, 0.05) is 16.6 Å². The molecule has 3 rings (SSSR count). The first-order valence-corrected chi connectivity index (χ1v) is 10.8. The lowest BCUT2D eigenvalue weighted by Gasteiger charge is -2.30. The standard InChI is InChI=1S/C20H22ClNO3S/c1-3-26(24,25)19-12-6-16(7-13-19)20(23)22(18-10-11-18)14(2)15-4-8-17(21)9-5-15/h4-9,12-14,18H,3,10-11H2,1-2H3/t14-/m0/s1. The number of carbonyl (C=O) groups excluding carboxylic acids is 1. The molecule has 1 aliphatic carbocycles. The fourth-order valence-electron chi connectivity index (χ4n) is 3.03. The van der Waals surface area contributed by atoms with Gasteiger partial charge >= 0.3 is 0 Å². The zero-order valence-electron chi connectivity index (χ0n) is 14.9. The summed E-state index contributed by atoms with van der Waals surface area (Å²) in [7, 11) is -3.27. The molecular weight excluding hydrogens is 370 g/mol. The van der Waals surface area contributed by atoms with Crippen LogP contribution >= 0.6 is 11.6 Å². The first-order chi connectivity index (χ1) is 12.3. The summed E-state index contributed by atoms with van der Waals surface area (Å²) in [6, 6.07) is 13.9. The van der Waals surface area contributed by atoms with Crippen molar-refractivity contribution in [3.05, 3.63) is 64.7 Å². The Morgan fingerprint density at radius 3 is 2.19 bits per heavy atom. The maximum atomic E-state index is 13.1. The summed E-state index contributed by atoms with van der Waals surface area (Å²) in [5, 5.41) is 0.665. The minimum absolute atomic E-state index is 0.0437. The number of sulfone groups is 1. The Morgan fingerprint density at radius 2 is 1.69 bits per heavy atom. The number of benzene rings is 2. The first kappa shape index (κ1) is 18.9. The molecule has 2 aromatic carbocycles. The van der Waals surface area contributed by atoms with Crippen molar-refractivity contribution in [1.29, 1.82) is 0 Å². The van der Waals surface area contributed by atoms with Gasteiger partial charge in [0.1, 0.15) is 0 Å². The number of nitrogens with zero attached hydrogens (tertiary/aromatic N) is 1. The van der Waals surface area contributed by atoms with Gasteiger partial charge < -0.3 is 4.90 Å². The van der Waals surface area contributed by atoms with Crippen molar-refractivity contribution in [2.45, 2.75) is 43.7 Å². The van der Waals surface area contributed by atoms with E-state index in [-0.39, 0.29) is 28.6 Å². The minimum atomic E-state index is -3.27. The van der Waals surface area contributed by atoms with Crippen LogP contribution in [0.4, 0.5) is 0 Å². The van der Waals surface area contributed by atoms with Crippen LogP contribution in [0.5, 0.6) is 0 Å². The highest BCUT2D eigenvalue weighted by Crippen LogP contribution is 2.36. The van der Waals surface area contributed by atoms with Gasteiger partial charge in [0.2, 0.25) is 0 Å². The molecule has 0 bridgehead atoms. The SMILES string of the molecule is CCS(=O)(=O)c1ccc(C(=O)N(C2CC2)[C@@H](C)c2ccc(Cl)cc2)cc1. The molecule has 138 valence electrons. The molecule has 1 fully saturated rings. The monoisotopic (exact) mass is 391 g/mol. The predicted octanol–water partition coefficient (Wildman–Crippen LogP) is 4.50. The second kappa shape index (κ2) is 7.41. The molecule has 1 aliphatic rings. The van der Waals surface area contributed by atoms with Crippen LogP contribution in [0.25, 0.3) is 0 Å². The lowest BCUT2D eigenvalue weighted by Crippen LogP contribution is -2.35. The van der Waals surface area contributed by atoms with Gasteiger partial charge in [-0.15, -0.1) is 0 Å². The Balaban J connectivity index is 1.86. The molecular formula is C20H22ClNO3S. The highest BCUT2D eigenvalue weighted by Gasteiger charge is 2.36. The molecule has 1 amide bonds. The molecule has 1 saturated carbocycles. The summed E-state index contributed by atoms with van der Waals surface area (Å²) in [6.07, 6.45) is 1.98. The van der Waals surface area contributed by atoms with E-state index in [0.29, 0.717) is 10.6 Å². The molecule has 4 nitrogen and oxygen atoms in total. The van der Waals surface area contributed by atoms with Crippen molar-refractivity contribution in [2.75, 3.05) is 5.75 Å². The molecule has 0 spiro atoms. The molecule has 0 saturated heterocycles. The molecule has 0 aromatic heterocycles. The predicted molar refractivity (Wildman–Crippen MR) is 103 cm³/mol. The average molecular weight is 392 g/mol. The Bertz CT molecular complexity index is 888. The number of carbonyl (C=O) groups is 1. The zero-order chi connectivity index (χ0) is 18.9. The summed E-state index contributed by atoms with van der Waals surface area (Å²) < 4.78 is 23.9. The Morgan fingerprint density at radius 1 is 1.12 bits per heavy atom.